The molecule has 3 atom stereocenters. The zero-order chi connectivity index (χ0) is 15.7. The van der Waals surface area contributed by atoms with Gasteiger partial charge in [-0.2, -0.15) is 0 Å². The Balaban J connectivity index is 2.07. The van der Waals surface area contributed by atoms with Gasteiger partial charge in [0.25, 0.3) is 0 Å². The fourth-order valence-corrected chi connectivity index (χ4v) is 3.37. The predicted molar refractivity (Wildman–Crippen MR) is 84.3 cm³/mol. The van der Waals surface area contributed by atoms with Gasteiger partial charge in [0.1, 0.15) is 11.9 Å². The van der Waals surface area contributed by atoms with Crippen LogP contribution >= 0.6 is 0 Å². The van der Waals surface area contributed by atoms with Crippen LogP contribution in [0.5, 0.6) is 0 Å². The molecule has 1 aliphatic heterocycles. The number of nitrogens with zero attached hydrogens (tertiary/aromatic N) is 1. The second-order valence-electron chi connectivity index (χ2n) is 5.84. The van der Waals surface area contributed by atoms with Gasteiger partial charge in [-0.05, 0) is 42.7 Å². The molecule has 3 rings (SSSR count). The van der Waals surface area contributed by atoms with Gasteiger partial charge in [0.15, 0.2) is 0 Å². The summed E-state index contributed by atoms with van der Waals surface area (Å²) >= 11 is 0. The minimum absolute atomic E-state index is 0.173. The molecule has 0 bridgehead atoms. The maximum absolute atomic E-state index is 13.6. The lowest BCUT2D eigenvalue weighted by Crippen LogP contribution is -2.41. The lowest BCUT2D eigenvalue weighted by atomic mass is 9.98. The molecule has 2 N–H and O–H groups in total. The van der Waals surface area contributed by atoms with E-state index in [9.17, 15) is 14.6 Å². The number of aliphatic hydroxyl groups excluding tert-OH is 2. The number of fused-ring (bicyclic) bond motifs is 1. The highest BCUT2D eigenvalue weighted by Gasteiger charge is 2.36. The van der Waals surface area contributed by atoms with E-state index < -0.39 is 12.1 Å². The third-order valence-corrected chi connectivity index (χ3v) is 4.30. The molecule has 0 amide bonds. The smallest absolute Gasteiger partial charge is 0.123 e. The highest BCUT2D eigenvalue weighted by Crippen LogP contribution is 2.40. The van der Waals surface area contributed by atoms with E-state index in [2.05, 4.69) is 17.9 Å². The van der Waals surface area contributed by atoms with E-state index in [0.717, 1.165) is 12.1 Å². The highest BCUT2D eigenvalue weighted by molar-refractivity contribution is 5.61. The minimum Gasteiger partial charge on any atom is -0.394 e. The molecule has 0 aromatic heterocycles. The molecule has 2 aromatic rings. The van der Waals surface area contributed by atoms with Gasteiger partial charge in [0, 0.05) is 11.7 Å². The Morgan fingerprint density at radius 2 is 2.00 bits per heavy atom. The van der Waals surface area contributed by atoms with E-state index in [-0.39, 0.29) is 18.5 Å². The summed E-state index contributed by atoms with van der Waals surface area (Å²) in [5.41, 5.74) is 2.92. The Bertz CT molecular complexity index is 661. The van der Waals surface area contributed by atoms with Crippen molar-refractivity contribution in [2.75, 3.05) is 11.5 Å². The first-order valence-electron chi connectivity index (χ1n) is 7.52. The Kier molecular flexibility index (Phi) is 4.14. The summed E-state index contributed by atoms with van der Waals surface area (Å²) in [5, 5.41) is 19.8. The van der Waals surface area contributed by atoms with Gasteiger partial charge in [-0.1, -0.05) is 30.3 Å². The molecule has 0 saturated heterocycles. The average molecular weight is 301 g/mol. The lowest BCUT2D eigenvalue weighted by Gasteiger charge is -2.37. The summed E-state index contributed by atoms with van der Waals surface area (Å²) in [5.74, 6) is -0.340. The summed E-state index contributed by atoms with van der Waals surface area (Å²) in [6, 6.07) is 14.0. The van der Waals surface area contributed by atoms with Crippen LogP contribution in [0.2, 0.25) is 0 Å². The van der Waals surface area contributed by atoms with E-state index in [1.54, 1.807) is 12.1 Å². The number of hydrogen-bond donors (Lipinski definition) is 2. The van der Waals surface area contributed by atoms with Crippen LogP contribution in [0.4, 0.5) is 10.1 Å². The SMILES string of the molecule is CC1Cc2ccccc2N1[C@@H](c1cccc(F)c1)[C@H](O)CO. The largest absolute Gasteiger partial charge is 0.394 e. The molecule has 0 aliphatic carbocycles. The van der Waals surface area contributed by atoms with Crippen molar-refractivity contribution in [2.24, 2.45) is 0 Å². The highest BCUT2D eigenvalue weighted by atomic mass is 19.1. The molecule has 116 valence electrons. The zero-order valence-electron chi connectivity index (χ0n) is 12.5. The molecule has 22 heavy (non-hydrogen) atoms. The van der Waals surface area contributed by atoms with E-state index in [0.29, 0.717) is 5.56 Å². The Morgan fingerprint density at radius 3 is 2.73 bits per heavy atom. The van der Waals surface area contributed by atoms with Gasteiger partial charge in [-0.3, -0.25) is 0 Å². The second-order valence-corrected chi connectivity index (χ2v) is 5.84. The van der Waals surface area contributed by atoms with Crippen LogP contribution in [-0.4, -0.2) is 29.0 Å². The summed E-state index contributed by atoms with van der Waals surface area (Å²) in [4.78, 5) is 2.09. The van der Waals surface area contributed by atoms with Crippen LogP contribution in [0.1, 0.15) is 24.1 Å². The van der Waals surface area contributed by atoms with Crippen molar-refractivity contribution in [3.05, 3.63) is 65.5 Å². The number of halogens is 1. The quantitative estimate of drug-likeness (QED) is 0.912. The molecule has 0 fully saturated rings. The molecule has 1 unspecified atom stereocenters. The minimum atomic E-state index is -0.976. The maximum atomic E-state index is 13.6. The summed E-state index contributed by atoms with van der Waals surface area (Å²) in [6.45, 7) is 1.71. The van der Waals surface area contributed by atoms with Gasteiger partial charge < -0.3 is 15.1 Å². The molecule has 0 radical (unpaired) electrons. The van der Waals surface area contributed by atoms with Crippen molar-refractivity contribution in [3.63, 3.8) is 0 Å². The summed E-state index contributed by atoms with van der Waals surface area (Å²) in [6.07, 6.45) is -0.101. The van der Waals surface area contributed by atoms with E-state index >= 15 is 0 Å². The molecular weight excluding hydrogens is 281 g/mol. The molecule has 0 saturated carbocycles. The molecule has 3 nitrogen and oxygen atoms in total. The van der Waals surface area contributed by atoms with E-state index in [4.69, 9.17) is 0 Å². The number of para-hydroxylation sites is 1. The molecular formula is C18H20FNO2. The van der Waals surface area contributed by atoms with Crippen molar-refractivity contribution >= 4 is 5.69 Å². The summed E-state index contributed by atoms with van der Waals surface area (Å²) < 4.78 is 13.6. The standard InChI is InChI=1S/C18H20FNO2/c1-12-9-13-5-2-3-8-16(13)20(12)18(17(22)11-21)14-6-4-7-15(19)10-14/h2-8,10,12,17-18,21-22H,9,11H2,1H3/t12?,17-,18+/m1/s1. The Labute approximate surface area is 129 Å². The van der Waals surface area contributed by atoms with Crippen molar-refractivity contribution in [3.8, 4) is 0 Å². The number of benzene rings is 2. The van der Waals surface area contributed by atoms with Crippen LogP contribution in [0.15, 0.2) is 48.5 Å². The number of hydrogen-bond acceptors (Lipinski definition) is 3. The van der Waals surface area contributed by atoms with Gasteiger partial charge in [-0.25, -0.2) is 4.39 Å². The van der Waals surface area contributed by atoms with Gasteiger partial charge in [-0.15, -0.1) is 0 Å². The number of aliphatic hydroxyl groups is 2. The van der Waals surface area contributed by atoms with Crippen molar-refractivity contribution < 1.29 is 14.6 Å². The number of anilines is 1. The van der Waals surface area contributed by atoms with Gasteiger partial charge >= 0.3 is 0 Å². The van der Waals surface area contributed by atoms with E-state index in [1.807, 2.05) is 18.2 Å². The first-order valence-corrected chi connectivity index (χ1v) is 7.52. The van der Waals surface area contributed by atoms with Crippen LogP contribution in [0.3, 0.4) is 0 Å². The topological polar surface area (TPSA) is 43.7 Å². The van der Waals surface area contributed by atoms with Crippen LogP contribution in [0.25, 0.3) is 0 Å². The Morgan fingerprint density at radius 1 is 1.23 bits per heavy atom. The van der Waals surface area contributed by atoms with Crippen LogP contribution < -0.4 is 4.90 Å². The molecule has 1 aliphatic rings. The van der Waals surface area contributed by atoms with Crippen LogP contribution in [0, 0.1) is 5.82 Å². The van der Waals surface area contributed by atoms with E-state index in [1.165, 1.54) is 17.7 Å². The molecule has 1 heterocycles. The number of rotatable bonds is 4. The van der Waals surface area contributed by atoms with Gasteiger partial charge in [0.2, 0.25) is 0 Å². The van der Waals surface area contributed by atoms with Crippen molar-refractivity contribution in [1.82, 2.24) is 0 Å². The lowest BCUT2D eigenvalue weighted by molar-refractivity contribution is 0.0697. The third-order valence-electron chi connectivity index (χ3n) is 4.30. The monoisotopic (exact) mass is 301 g/mol. The van der Waals surface area contributed by atoms with Gasteiger partial charge in [0.05, 0.1) is 12.6 Å². The molecule has 0 spiro atoms. The normalized spacial score (nSPS) is 19.8. The zero-order valence-corrected chi connectivity index (χ0v) is 12.5. The van der Waals surface area contributed by atoms with Crippen LogP contribution in [-0.2, 0) is 6.42 Å². The first kappa shape index (κ1) is 15.0. The van der Waals surface area contributed by atoms with Crippen molar-refractivity contribution in [1.29, 1.82) is 0 Å². The third kappa shape index (κ3) is 2.60. The first-order chi connectivity index (χ1) is 10.6. The maximum Gasteiger partial charge on any atom is 0.123 e. The molecule has 2 aromatic carbocycles. The second kappa shape index (κ2) is 6.07. The van der Waals surface area contributed by atoms with Crippen molar-refractivity contribution in [2.45, 2.75) is 31.5 Å². The summed E-state index contributed by atoms with van der Waals surface area (Å²) in [7, 11) is 0. The Hall–Kier alpha value is -1.91. The fraction of sp³-hybridized carbons (Fsp3) is 0.333. The predicted octanol–water partition coefficient (Wildman–Crippen LogP) is 2.67. The average Bonchev–Trinajstić information content (AvgIpc) is 2.84. The molecule has 4 heteroatoms. The fourth-order valence-electron chi connectivity index (χ4n) is 3.37.